The Morgan fingerprint density at radius 2 is 1.81 bits per heavy atom. The van der Waals surface area contributed by atoms with Crippen LogP contribution in [-0.2, 0) is 25.5 Å². The molecule has 0 aromatic heterocycles. The molecule has 1 saturated carbocycles. The third-order valence-electron chi connectivity index (χ3n) is 5.97. The molecule has 5 nitrogen and oxygen atoms in total. The molecule has 0 amide bonds. The number of piperidine rings is 1. The van der Waals surface area contributed by atoms with Gasteiger partial charge in [-0.15, -0.1) is 0 Å². The van der Waals surface area contributed by atoms with Crippen molar-refractivity contribution in [1.82, 2.24) is 4.90 Å². The first-order valence-electron chi connectivity index (χ1n) is 9.85. The number of ether oxygens (including phenoxy) is 4. The Morgan fingerprint density at radius 1 is 1.08 bits per heavy atom. The highest BCUT2D eigenvalue weighted by Gasteiger charge is 2.57. The second-order valence-corrected chi connectivity index (χ2v) is 8.20. The Hall–Kier alpha value is -0.980. The molecule has 2 aliphatic heterocycles. The lowest BCUT2D eigenvalue weighted by Gasteiger charge is -2.52. The molecule has 0 radical (unpaired) electrons. The van der Waals surface area contributed by atoms with E-state index in [1.807, 2.05) is 13.8 Å². The van der Waals surface area contributed by atoms with Gasteiger partial charge in [0.2, 0.25) is 0 Å². The normalized spacial score (nSPS) is 36.5. The van der Waals surface area contributed by atoms with E-state index in [-0.39, 0.29) is 25.2 Å². The monoisotopic (exact) mass is 361 g/mol. The lowest BCUT2D eigenvalue weighted by Crippen LogP contribution is -2.64. The van der Waals surface area contributed by atoms with Crippen LogP contribution in [0.5, 0.6) is 0 Å². The van der Waals surface area contributed by atoms with Gasteiger partial charge in [-0.3, -0.25) is 4.90 Å². The van der Waals surface area contributed by atoms with Crippen molar-refractivity contribution >= 4 is 0 Å². The molecule has 0 bridgehead atoms. The van der Waals surface area contributed by atoms with Crippen molar-refractivity contribution < 1.29 is 18.9 Å². The summed E-state index contributed by atoms with van der Waals surface area (Å²) in [6.45, 7) is 5.15. The number of methoxy groups -OCH3 is 1. The quantitative estimate of drug-likeness (QED) is 0.751. The average molecular weight is 361 g/mol. The lowest BCUT2D eigenvalue weighted by molar-refractivity contribution is -0.229. The van der Waals surface area contributed by atoms with Crippen LogP contribution in [0.4, 0.5) is 0 Å². The minimum atomic E-state index is -0.561. The minimum absolute atomic E-state index is 0.0804. The molecular formula is C21H31NO4. The maximum Gasteiger partial charge on any atom is 0.163 e. The standard InChI is InChI=1S/C21H31NO4/c1-21(2)25-18-16-11-7-8-12-17(16)22(13-15-9-5-4-6-10-15)20(19(18)26-21)24-14-23-3/h4-6,9-10,16-20H,7-8,11-14H2,1-3H3/t16-,17+,18+,19-,20+/m0/s1. The summed E-state index contributed by atoms with van der Waals surface area (Å²) < 4.78 is 24.1. The predicted molar refractivity (Wildman–Crippen MR) is 98.3 cm³/mol. The largest absolute Gasteiger partial charge is 0.359 e. The molecule has 1 aliphatic carbocycles. The van der Waals surface area contributed by atoms with Crippen LogP contribution in [0.15, 0.2) is 30.3 Å². The van der Waals surface area contributed by atoms with Gasteiger partial charge in [0.15, 0.2) is 5.79 Å². The molecule has 1 aromatic rings. The average Bonchev–Trinajstić information content (AvgIpc) is 2.97. The van der Waals surface area contributed by atoms with Crippen molar-refractivity contribution in [2.45, 2.75) is 76.3 Å². The Morgan fingerprint density at radius 3 is 2.58 bits per heavy atom. The van der Waals surface area contributed by atoms with Crippen molar-refractivity contribution in [2.24, 2.45) is 5.92 Å². The van der Waals surface area contributed by atoms with Crippen molar-refractivity contribution in [1.29, 1.82) is 0 Å². The zero-order valence-corrected chi connectivity index (χ0v) is 16.1. The SMILES string of the molecule is COCO[C@@H]1[C@H]2OC(C)(C)O[C@@H]2[C@H]2CCCC[C@H]2N1Cc1ccccc1. The van der Waals surface area contributed by atoms with E-state index in [1.165, 1.54) is 31.2 Å². The molecule has 2 heterocycles. The second kappa shape index (κ2) is 7.56. The summed E-state index contributed by atoms with van der Waals surface area (Å²) in [5, 5.41) is 0. The van der Waals surface area contributed by atoms with Crippen LogP contribution in [0.1, 0.15) is 45.1 Å². The number of hydrogen-bond donors (Lipinski definition) is 0. The number of fused-ring (bicyclic) bond motifs is 3. The molecule has 144 valence electrons. The van der Waals surface area contributed by atoms with Crippen LogP contribution in [-0.4, -0.2) is 49.1 Å². The Balaban J connectivity index is 1.65. The first kappa shape index (κ1) is 18.4. The molecular weight excluding hydrogens is 330 g/mol. The topological polar surface area (TPSA) is 40.2 Å². The van der Waals surface area contributed by atoms with Gasteiger partial charge in [0, 0.05) is 25.6 Å². The van der Waals surface area contributed by atoms with Gasteiger partial charge in [-0.05, 0) is 32.3 Å². The van der Waals surface area contributed by atoms with Crippen molar-refractivity contribution in [3.05, 3.63) is 35.9 Å². The molecule has 4 rings (SSSR count). The molecule has 0 spiro atoms. The first-order chi connectivity index (χ1) is 12.6. The van der Waals surface area contributed by atoms with Crippen LogP contribution in [0.25, 0.3) is 0 Å². The zero-order valence-electron chi connectivity index (χ0n) is 16.1. The van der Waals surface area contributed by atoms with Gasteiger partial charge in [-0.25, -0.2) is 0 Å². The minimum Gasteiger partial charge on any atom is -0.359 e. The van der Waals surface area contributed by atoms with Crippen LogP contribution >= 0.6 is 0 Å². The summed E-state index contributed by atoms with van der Waals surface area (Å²) in [5.41, 5.74) is 1.31. The number of rotatable bonds is 5. The Bertz CT molecular complexity index is 593. The third-order valence-corrected chi connectivity index (χ3v) is 5.97. The van der Waals surface area contributed by atoms with Crippen LogP contribution in [0, 0.1) is 5.92 Å². The number of hydrogen-bond acceptors (Lipinski definition) is 5. The molecule has 5 heteroatoms. The van der Waals surface area contributed by atoms with Gasteiger partial charge in [-0.2, -0.15) is 0 Å². The van der Waals surface area contributed by atoms with Gasteiger partial charge in [-0.1, -0.05) is 43.2 Å². The molecule has 0 unspecified atom stereocenters. The summed E-state index contributed by atoms with van der Waals surface area (Å²) in [6.07, 6.45) is 4.81. The fourth-order valence-electron chi connectivity index (χ4n) is 5.01. The fourth-order valence-corrected chi connectivity index (χ4v) is 5.01. The van der Waals surface area contributed by atoms with E-state index in [9.17, 15) is 0 Å². The van der Waals surface area contributed by atoms with Crippen molar-refractivity contribution in [3.63, 3.8) is 0 Å². The number of likely N-dealkylation sites (tertiary alicyclic amines) is 1. The molecule has 3 aliphatic rings. The van der Waals surface area contributed by atoms with E-state index in [0.717, 1.165) is 6.54 Å². The van der Waals surface area contributed by atoms with Gasteiger partial charge in [0.25, 0.3) is 0 Å². The predicted octanol–water partition coefficient (Wildman–Crippen LogP) is 3.53. The summed E-state index contributed by atoms with van der Waals surface area (Å²) in [7, 11) is 1.67. The number of nitrogens with zero attached hydrogens (tertiary/aromatic N) is 1. The Labute approximate surface area is 156 Å². The van der Waals surface area contributed by atoms with Gasteiger partial charge in [0.05, 0.1) is 6.10 Å². The Kier molecular flexibility index (Phi) is 5.35. The highest BCUT2D eigenvalue weighted by atomic mass is 16.8. The van der Waals surface area contributed by atoms with E-state index in [0.29, 0.717) is 12.0 Å². The van der Waals surface area contributed by atoms with Crippen LogP contribution < -0.4 is 0 Å². The molecule has 5 atom stereocenters. The first-order valence-corrected chi connectivity index (χ1v) is 9.85. The van der Waals surface area contributed by atoms with E-state index in [1.54, 1.807) is 7.11 Å². The van der Waals surface area contributed by atoms with Crippen molar-refractivity contribution in [2.75, 3.05) is 13.9 Å². The van der Waals surface area contributed by atoms with E-state index < -0.39 is 5.79 Å². The smallest absolute Gasteiger partial charge is 0.163 e. The second-order valence-electron chi connectivity index (χ2n) is 8.20. The molecule has 0 N–H and O–H groups in total. The van der Waals surface area contributed by atoms with Crippen LogP contribution in [0.3, 0.4) is 0 Å². The maximum atomic E-state index is 6.36. The van der Waals surface area contributed by atoms with Crippen molar-refractivity contribution in [3.8, 4) is 0 Å². The third kappa shape index (κ3) is 3.56. The van der Waals surface area contributed by atoms with E-state index >= 15 is 0 Å². The summed E-state index contributed by atoms with van der Waals surface area (Å²) in [5.74, 6) is -0.0592. The molecule has 1 aromatic carbocycles. The highest BCUT2D eigenvalue weighted by molar-refractivity contribution is 5.16. The van der Waals surface area contributed by atoms with Gasteiger partial charge in [0.1, 0.15) is 19.1 Å². The van der Waals surface area contributed by atoms with Crippen LogP contribution in [0.2, 0.25) is 0 Å². The van der Waals surface area contributed by atoms with E-state index in [2.05, 4.69) is 35.2 Å². The molecule has 2 saturated heterocycles. The zero-order chi connectivity index (χ0) is 18.1. The fraction of sp³-hybridized carbons (Fsp3) is 0.714. The summed E-state index contributed by atoms with van der Waals surface area (Å²) in [6, 6.07) is 11.1. The van der Waals surface area contributed by atoms with E-state index in [4.69, 9.17) is 18.9 Å². The lowest BCUT2D eigenvalue weighted by atomic mass is 9.75. The van der Waals surface area contributed by atoms with Gasteiger partial charge < -0.3 is 18.9 Å². The summed E-state index contributed by atoms with van der Waals surface area (Å²) >= 11 is 0. The summed E-state index contributed by atoms with van der Waals surface area (Å²) in [4.78, 5) is 2.50. The molecule has 26 heavy (non-hydrogen) atoms. The number of benzene rings is 1. The van der Waals surface area contributed by atoms with Gasteiger partial charge >= 0.3 is 0 Å². The molecule has 3 fully saturated rings. The maximum absolute atomic E-state index is 6.36. The highest BCUT2D eigenvalue weighted by Crippen LogP contribution is 2.47.